The SMILES string of the molecule is CC(=O)NCCCC[C@H](NC(=O)[C@H](CCCCNC(=S)NC(C)C)NC(=O)[C@H](CCCCNC(C)=O)NC(C)=O)C(N)=O. The molecule has 14 nitrogen and oxygen atoms in total. The fourth-order valence-electron chi connectivity index (χ4n) is 4.08. The first-order chi connectivity index (χ1) is 20.2. The molecule has 9 N–H and O–H groups in total. The highest BCUT2D eigenvalue weighted by Crippen LogP contribution is 2.08. The summed E-state index contributed by atoms with van der Waals surface area (Å²) in [6.45, 7) is 9.51. The summed E-state index contributed by atoms with van der Waals surface area (Å²) < 4.78 is 0. The van der Waals surface area contributed by atoms with Crippen molar-refractivity contribution in [3.63, 3.8) is 0 Å². The van der Waals surface area contributed by atoms with Crippen LogP contribution in [-0.2, 0) is 28.8 Å². The van der Waals surface area contributed by atoms with Crippen LogP contribution in [0.4, 0.5) is 0 Å². The van der Waals surface area contributed by atoms with Gasteiger partial charge in [-0.25, -0.2) is 0 Å². The molecule has 0 aliphatic carbocycles. The Balaban J connectivity index is 5.38. The van der Waals surface area contributed by atoms with Crippen LogP contribution in [0.3, 0.4) is 0 Å². The summed E-state index contributed by atoms with van der Waals surface area (Å²) in [7, 11) is 0. The molecule has 3 atom stereocenters. The van der Waals surface area contributed by atoms with E-state index < -0.39 is 41.8 Å². The van der Waals surface area contributed by atoms with Crippen LogP contribution >= 0.6 is 12.2 Å². The highest BCUT2D eigenvalue weighted by atomic mass is 32.1. The molecule has 0 aromatic heterocycles. The van der Waals surface area contributed by atoms with E-state index in [9.17, 15) is 28.8 Å². The van der Waals surface area contributed by atoms with Crippen molar-refractivity contribution < 1.29 is 28.8 Å². The van der Waals surface area contributed by atoms with Gasteiger partial charge in [0, 0.05) is 46.4 Å². The fraction of sp³-hybridized carbons (Fsp3) is 0.750. The van der Waals surface area contributed by atoms with Crippen molar-refractivity contribution in [1.82, 2.24) is 37.2 Å². The standard InChI is InChI=1S/C28H52N8O6S/c1-18(2)33-28(43)32-17-11-8-14-24(27(42)35-22(25(29)40)12-6-9-15-30-19(3)37)36-26(41)23(34-21(5)39)13-7-10-16-31-20(4)38/h18,22-24H,6-17H2,1-5H3,(H2,29,40)(H,30,37)(H,31,38)(H,34,39)(H,35,42)(H,36,41)(H2,32,33,43)/t22-,23-,24-/m0/s1. The van der Waals surface area contributed by atoms with Gasteiger partial charge in [-0.05, 0) is 83.9 Å². The van der Waals surface area contributed by atoms with Crippen molar-refractivity contribution in [2.75, 3.05) is 19.6 Å². The quantitative estimate of drug-likeness (QED) is 0.0578. The van der Waals surface area contributed by atoms with E-state index in [0.717, 1.165) is 0 Å². The van der Waals surface area contributed by atoms with Crippen molar-refractivity contribution in [3.05, 3.63) is 0 Å². The summed E-state index contributed by atoms with van der Waals surface area (Å²) in [5.74, 6) is -2.49. The molecule has 0 aromatic carbocycles. The van der Waals surface area contributed by atoms with Gasteiger partial charge in [0.15, 0.2) is 5.11 Å². The molecule has 0 aromatic rings. The Hall–Kier alpha value is -3.49. The van der Waals surface area contributed by atoms with E-state index in [-0.39, 0.29) is 30.7 Å². The molecule has 0 fully saturated rings. The Kier molecular flexibility index (Phi) is 21.2. The Morgan fingerprint density at radius 2 is 0.953 bits per heavy atom. The number of rotatable bonds is 22. The van der Waals surface area contributed by atoms with Gasteiger partial charge in [0.25, 0.3) is 0 Å². The number of primary amides is 1. The average molecular weight is 629 g/mol. The third-order valence-corrected chi connectivity index (χ3v) is 6.46. The monoisotopic (exact) mass is 628 g/mol. The van der Waals surface area contributed by atoms with Crippen LogP contribution in [0.15, 0.2) is 0 Å². The van der Waals surface area contributed by atoms with E-state index in [1.165, 1.54) is 20.8 Å². The lowest BCUT2D eigenvalue weighted by Crippen LogP contribution is -2.56. The van der Waals surface area contributed by atoms with Crippen molar-refractivity contribution in [1.29, 1.82) is 0 Å². The molecule has 43 heavy (non-hydrogen) atoms. The summed E-state index contributed by atoms with van der Waals surface area (Å²) in [6, 6.07) is -2.63. The second kappa shape index (κ2) is 23.0. The van der Waals surface area contributed by atoms with Crippen LogP contribution in [0.2, 0.25) is 0 Å². The van der Waals surface area contributed by atoms with E-state index in [2.05, 4.69) is 37.2 Å². The molecule has 6 amide bonds. The van der Waals surface area contributed by atoms with Crippen molar-refractivity contribution >= 4 is 52.8 Å². The molecule has 15 heteroatoms. The maximum atomic E-state index is 13.3. The van der Waals surface area contributed by atoms with Crippen LogP contribution in [0.25, 0.3) is 0 Å². The van der Waals surface area contributed by atoms with E-state index in [0.29, 0.717) is 69.7 Å². The molecule has 0 saturated carbocycles. The largest absolute Gasteiger partial charge is 0.368 e. The molecule has 0 aliphatic rings. The molecular formula is C28H52N8O6S. The maximum Gasteiger partial charge on any atom is 0.243 e. The number of amides is 6. The minimum Gasteiger partial charge on any atom is -0.368 e. The number of hydrogen-bond donors (Lipinski definition) is 8. The van der Waals surface area contributed by atoms with Gasteiger partial charge in [0.2, 0.25) is 35.4 Å². The van der Waals surface area contributed by atoms with Crippen molar-refractivity contribution in [3.8, 4) is 0 Å². The Morgan fingerprint density at radius 1 is 0.558 bits per heavy atom. The molecule has 246 valence electrons. The molecule has 0 heterocycles. The third-order valence-electron chi connectivity index (χ3n) is 6.20. The summed E-state index contributed by atoms with van der Waals surface area (Å²) in [5, 5.41) is 20.1. The van der Waals surface area contributed by atoms with Gasteiger partial charge in [0.1, 0.15) is 18.1 Å². The topological polar surface area (TPSA) is 213 Å². The highest BCUT2D eigenvalue weighted by molar-refractivity contribution is 7.80. The van der Waals surface area contributed by atoms with Crippen LogP contribution < -0.4 is 43.0 Å². The minimum absolute atomic E-state index is 0.153. The lowest BCUT2D eigenvalue weighted by atomic mass is 10.0. The lowest BCUT2D eigenvalue weighted by molar-refractivity contribution is -0.133. The zero-order valence-electron chi connectivity index (χ0n) is 26.2. The second-order valence-electron chi connectivity index (χ2n) is 10.8. The minimum atomic E-state index is -0.981. The molecule has 0 bridgehead atoms. The van der Waals surface area contributed by atoms with Gasteiger partial charge in [-0.2, -0.15) is 0 Å². The number of carbonyl (C=O) groups excluding carboxylic acids is 6. The first-order valence-electron chi connectivity index (χ1n) is 14.9. The zero-order chi connectivity index (χ0) is 32.8. The Morgan fingerprint density at radius 3 is 1.35 bits per heavy atom. The van der Waals surface area contributed by atoms with Crippen LogP contribution in [0.5, 0.6) is 0 Å². The van der Waals surface area contributed by atoms with Gasteiger partial charge in [-0.3, -0.25) is 28.8 Å². The van der Waals surface area contributed by atoms with Crippen molar-refractivity contribution in [2.45, 2.75) is 117 Å². The third kappa shape index (κ3) is 21.8. The predicted molar refractivity (Wildman–Crippen MR) is 168 cm³/mol. The van der Waals surface area contributed by atoms with Gasteiger partial charge in [-0.1, -0.05) is 0 Å². The smallest absolute Gasteiger partial charge is 0.243 e. The zero-order valence-corrected chi connectivity index (χ0v) is 27.0. The predicted octanol–water partition coefficient (Wildman–Crippen LogP) is -0.398. The van der Waals surface area contributed by atoms with E-state index in [1.807, 2.05) is 13.8 Å². The first kappa shape index (κ1) is 39.5. The number of unbranched alkanes of at least 4 members (excludes halogenated alkanes) is 3. The second-order valence-corrected chi connectivity index (χ2v) is 11.2. The molecule has 0 rings (SSSR count). The molecule has 0 unspecified atom stereocenters. The summed E-state index contributed by atoms with van der Waals surface area (Å²) >= 11 is 5.23. The lowest BCUT2D eigenvalue weighted by Gasteiger charge is -2.25. The fourth-order valence-corrected chi connectivity index (χ4v) is 4.42. The van der Waals surface area contributed by atoms with Crippen molar-refractivity contribution in [2.24, 2.45) is 5.73 Å². The van der Waals surface area contributed by atoms with Crippen LogP contribution in [0, 0.1) is 0 Å². The average Bonchev–Trinajstić information content (AvgIpc) is 2.89. The van der Waals surface area contributed by atoms with Gasteiger partial charge in [-0.15, -0.1) is 0 Å². The maximum absolute atomic E-state index is 13.3. The number of nitrogens with one attached hydrogen (secondary N) is 7. The molecular weight excluding hydrogens is 576 g/mol. The molecule has 0 spiro atoms. The molecule has 0 saturated heterocycles. The number of thiocarbonyl (C=S) groups is 1. The summed E-state index contributed by atoms with van der Waals surface area (Å²) in [6.07, 6.45) is 4.34. The van der Waals surface area contributed by atoms with E-state index >= 15 is 0 Å². The first-order valence-corrected chi connectivity index (χ1v) is 15.3. The number of nitrogens with two attached hydrogens (primary N) is 1. The normalized spacial score (nSPS) is 12.7. The summed E-state index contributed by atoms with van der Waals surface area (Å²) in [5.41, 5.74) is 5.54. The van der Waals surface area contributed by atoms with Gasteiger partial charge < -0.3 is 43.0 Å². The van der Waals surface area contributed by atoms with Crippen LogP contribution in [0.1, 0.15) is 92.4 Å². The number of carbonyl (C=O) groups is 6. The summed E-state index contributed by atoms with van der Waals surface area (Å²) in [4.78, 5) is 72.6. The molecule has 0 aliphatic heterocycles. The molecule has 0 radical (unpaired) electrons. The number of hydrogen-bond acceptors (Lipinski definition) is 7. The van der Waals surface area contributed by atoms with Gasteiger partial charge >= 0.3 is 0 Å². The van der Waals surface area contributed by atoms with E-state index in [4.69, 9.17) is 18.0 Å². The van der Waals surface area contributed by atoms with E-state index in [1.54, 1.807) is 0 Å². The highest BCUT2D eigenvalue weighted by Gasteiger charge is 2.28. The van der Waals surface area contributed by atoms with Gasteiger partial charge in [0.05, 0.1) is 0 Å². The Labute approximate surface area is 260 Å². The van der Waals surface area contributed by atoms with Crippen LogP contribution in [-0.4, -0.2) is 84.4 Å². The Bertz CT molecular complexity index is 933.